The fraction of sp³-hybridized carbons (Fsp3) is 0.125. The van der Waals surface area contributed by atoms with E-state index in [0.717, 1.165) is 6.54 Å². The average Bonchev–Trinajstić information content (AvgIpc) is 2.71. The van der Waals surface area contributed by atoms with Crippen molar-refractivity contribution < 1.29 is 0 Å². The SMILES string of the molecule is c1cc2c(s1)NCc1[nH]ncc1-2. The van der Waals surface area contributed by atoms with E-state index >= 15 is 0 Å². The Labute approximate surface area is 73.4 Å². The van der Waals surface area contributed by atoms with Crippen molar-refractivity contribution in [2.45, 2.75) is 6.54 Å². The van der Waals surface area contributed by atoms with E-state index in [2.05, 4.69) is 27.0 Å². The van der Waals surface area contributed by atoms with Gasteiger partial charge in [-0.2, -0.15) is 5.10 Å². The van der Waals surface area contributed by atoms with Crippen LogP contribution in [0.4, 0.5) is 5.00 Å². The minimum absolute atomic E-state index is 0.864. The maximum atomic E-state index is 4.02. The molecule has 12 heavy (non-hydrogen) atoms. The molecular weight excluding hydrogens is 170 g/mol. The van der Waals surface area contributed by atoms with Crippen molar-refractivity contribution in [3.05, 3.63) is 23.3 Å². The van der Waals surface area contributed by atoms with E-state index in [1.54, 1.807) is 11.3 Å². The quantitative estimate of drug-likeness (QED) is 0.646. The standard InChI is InChI=1S/C8H7N3S/c1-2-12-8-5(1)6-3-10-11-7(6)4-9-8/h1-3,9H,4H2,(H,10,11). The molecule has 3 heterocycles. The summed E-state index contributed by atoms with van der Waals surface area (Å²) in [4.78, 5) is 0. The van der Waals surface area contributed by atoms with Crippen LogP contribution in [0.15, 0.2) is 17.6 Å². The van der Waals surface area contributed by atoms with E-state index in [0.29, 0.717) is 0 Å². The Balaban J connectivity index is 2.32. The van der Waals surface area contributed by atoms with E-state index in [9.17, 15) is 0 Å². The summed E-state index contributed by atoms with van der Waals surface area (Å²) in [6.45, 7) is 0.864. The first-order valence-corrected chi connectivity index (χ1v) is 4.67. The van der Waals surface area contributed by atoms with Crippen LogP contribution in [0.2, 0.25) is 0 Å². The third-order valence-corrected chi connectivity index (χ3v) is 2.97. The summed E-state index contributed by atoms with van der Waals surface area (Å²) >= 11 is 1.74. The molecule has 0 fully saturated rings. The number of nitrogens with one attached hydrogen (secondary N) is 2. The van der Waals surface area contributed by atoms with Gasteiger partial charge in [0.15, 0.2) is 0 Å². The fourth-order valence-corrected chi connectivity index (χ4v) is 2.31. The summed E-state index contributed by atoms with van der Waals surface area (Å²) in [6, 6.07) is 2.13. The van der Waals surface area contributed by atoms with Crippen LogP contribution in [0.1, 0.15) is 5.69 Å². The molecule has 0 unspecified atom stereocenters. The molecule has 0 radical (unpaired) electrons. The number of hydrogen-bond donors (Lipinski definition) is 2. The highest BCUT2D eigenvalue weighted by molar-refractivity contribution is 7.14. The van der Waals surface area contributed by atoms with Crippen LogP contribution in [0, 0.1) is 0 Å². The second-order valence-electron chi connectivity index (χ2n) is 2.78. The molecule has 0 bridgehead atoms. The zero-order chi connectivity index (χ0) is 7.97. The third kappa shape index (κ3) is 0.674. The average molecular weight is 177 g/mol. The lowest BCUT2D eigenvalue weighted by molar-refractivity contribution is 0.980. The number of H-pyrrole nitrogens is 1. The van der Waals surface area contributed by atoms with Crippen molar-refractivity contribution in [1.29, 1.82) is 0 Å². The van der Waals surface area contributed by atoms with Gasteiger partial charge in [-0.1, -0.05) is 0 Å². The largest absolute Gasteiger partial charge is 0.371 e. The molecule has 0 spiro atoms. The molecule has 0 saturated carbocycles. The van der Waals surface area contributed by atoms with Gasteiger partial charge in [0, 0.05) is 11.1 Å². The summed E-state index contributed by atoms with van der Waals surface area (Å²) in [5.74, 6) is 0. The van der Waals surface area contributed by atoms with Crippen LogP contribution in [-0.2, 0) is 6.54 Å². The van der Waals surface area contributed by atoms with Gasteiger partial charge in [-0.25, -0.2) is 0 Å². The summed E-state index contributed by atoms with van der Waals surface area (Å²) in [5, 5.41) is 13.7. The zero-order valence-electron chi connectivity index (χ0n) is 6.29. The number of fused-ring (bicyclic) bond motifs is 3. The number of aromatic amines is 1. The van der Waals surface area contributed by atoms with Gasteiger partial charge in [0.25, 0.3) is 0 Å². The molecule has 0 aromatic carbocycles. The molecule has 0 atom stereocenters. The molecule has 2 N–H and O–H groups in total. The second-order valence-corrected chi connectivity index (χ2v) is 3.70. The van der Waals surface area contributed by atoms with Gasteiger partial charge in [0.2, 0.25) is 0 Å². The van der Waals surface area contributed by atoms with Crippen molar-refractivity contribution in [2.75, 3.05) is 5.32 Å². The van der Waals surface area contributed by atoms with E-state index in [4.69, 9.17) is 0 Å². The Morgan fingerprint density at radius 3 is 3.42 bits per heavy atom. The highest BCUT2D eigenvalue weighted by atomic mass is 32.1. The van der Waals surface area contributed by atoms with Crippen molar-refractivity contribution in [3.8, 4) is 11.1 Å². The Bertz CT molecular complexity index is 375. The lowest BCUT2D eigenvalue weighted by Crippen LogP contribution is -2.05. The van der Waals surface area contributed by atoms with Gasteiger partial charge in [0.05, 0.1) is 23.4 Å². The van der Waals surface area contributed by atoms with Crippen molar-refractivity contribution in [1.82, 2.24) is 10.2 Å². The van der Waals surface area contributed by atoms with Crippen LogP contribution >= 0.6 is 11.3 Å². The van der Waals surface area contributed by atoms with Crippen LogP contribution in [0.3, 0.4) is 0 Å². The van der Waals surface area contributed by atoms with Gasteiger partial charge in [-0.3, -0.25) is 5.10 Å². The van der Waals surface area contributed by atoms with Crippen LogP contribution < -0.4 is 5.32 Å². The Morgan fingerprint density at radius 1 is 1.42 bits per heavy atom. The number of thiophene rings is 1. The monoisotopic (exact) mass is 177 g/mol. The second kappa shape index (κ2) is 2.10. The Morgan fingerprint density at radius 2 is 2.42 bits per heavy atom. The summed E-state index contributed by atoms with van der Waals surface area (Å²) < 4.78 is 0. The van der Waals surface area contributed by atoms with Gasteiger partial charge in [-0.15, -0.1) is 11.3 Å². The summed E-state index contributed by atoms with van der Waals surface area (Å²) in [6.07, 6.45) is 1.89. The molecule has 3 rings (SSSR count). The number of hydrogen-bond acceptors (Lipinski definition) is 3. The number of nitrogens with zero attached hydrogens (tertiary/aromatic N) is 1. The van der Waals surface area contributed by atoms with Crippen LogP contribution in [0.5, 0.6) is 0 Å². The number of anilines is 1. The summed E-state index contributed by atoms with van der Waals surface area (Å²) in [7, 11) is 0. The van der Waals surface area contributed by atoms with Crippen molar-refractivity contribution >= 4 is 16.3 Å². The minimum Gasteiger partial charge on any atom is -0.371 e. The van der Waals surface area contributed by atoms with E-state index in [1.807, 2.05) is 6.20 Å². The highest BCUT2D eigenvalue weighted by Crippen LogP contribution is 2.37. The molecule has 3 nitrogen and oxygen atoms in total. The molecule has 0 amide bonds. The zero-order valence-corrected chi connectivity index (χ0v) is 7.11. The van der Waals surface area contributed by atoms with E-state index < -0.39 is 0 Å². The Hall–Kier alpha value is -1.29. The van der Waals surface area contributed by atoms with E-state index in [1.165, 1.54) is 21.8 Å². The lowest BCUT2D eigenvalue weighted by Gasteiger charge is -2.12. The van der Waals surface area contributed by atoms with E-state index in [-0.39, 0.29) is 0 Å². The smallest absolute Gasteiger partial charge is 0.0966 e. The van der Waals surface area contributed by atoms with Crippen molar-refractivity contribution in [3.63, 3.8) is 0 Å². The molecule has 2 aromatic rings. The molecule has 1 aliphatic rings. The van der Waals surface area contributed by atoms with Crippen molar-refractivity contribution in [2.24, 2.45) is 0 Å². The molecule has 1 aliphatic heterocycles. The van der Waals surface area contributed by atoms with Gasteiger partial charge < -0.3 is 5.32 Å². The predicted molar refractivity (Wildman–Crippen MR) is 49.2 cm³/mol. The molecule has 4 heteroatoms. The van der Waals surface area contributed by atoms with Crippen LogP contribution in [-0.4, -0.2) is 10.2 Å². The molecular formula is C8H7N3S. The van der Waals surface area contributed by atoms with Gasteiger partial charge in [-0.05, 0) is 11.4 Å². The third-order valence-electron chi connectivity index (χ3n) is 2.10. The molecule has 2 aromatic heterocycles. The fourth-order valence-electron chi connectivity index (χ4n) is 1.51. The summed E-state index contributed by atoms with van der Waals surface area (Å²) in [5.41, 5.74) is 3.70. The molecule has 0 aliphatic carbocycles. The van der Waals surface area contributed by atoms with Gasteiger partial charge >= 0.3 is 0 Å². The normalized spacial score (nSPS) is 13.3. The first-order chi connectivity index (χ1) is 5.95. The predicted octanol–water partition coefficient (Wildman–Crippen LogP) is 2.06. The van der Waals surface area contributed by atoms with Crippen LogP contribution in [0.25, 0.3) is 11.1 Å². The highest BCUT2D eigenvalue weighted by Gasteiger charge is 2.17. The molecule has 0 saturated heterocycles. The van der Waals surface area contributed by atoms with Gasteiger partial charge in [0.1, 0.15) is 0 Å². The first kappa shape index (κ1) is 6.25. The number of aromatic nitrogens is 2. The lowest BCUT2D eigenvalue weighted by atomic mass is 10.1. The Kier molecular flexibility index (Phi) is 1.10. The minimum atomic E-state index is 0.864. The number of rotatable bonds is 0. The topological polar surface area (TPSA) is 40.7 Å². The maximum Gasteiger partial charge on any atom is 0.0966 e. The first-order valence-electron chi connectivity index (χ1n) is 3.79. The molecule has 60 valence electrons. The maximum absolute atomic E-state index is 4.02.